The van der Waals surface area contributed by atoms with Crippen LogP contribution in [0.1, 0.15) is 92.9 Å². The second-order valence-corrected chi connectivity index (χ2v) is 16.6. The molecule has 13 nitrogen and oxygen atoms in total. The normalized spacial score (nSPS) is 38.2. The number of nitrogens with zero attached hydrogens (tertiary/aromatic N) is 4. The summed E-state index contributed by atoms with van der Waals surface area (Å²) < 4.78 is 35.3. The molecule has 7 fully saturated rings. The Morgan fingerprint density at radius 3 is 1.77 bits per heavy atom. The van der Waals surface area contributed by atoms with Gasteiger partial charge in [-0.2, -0.15) is 0 Å². The van der Waals surface area contributed by atoms with E-state index in [0.717, 1.165) is 90.6 Å². The third-order valence-electron chi connectivity index (χ3n) is 11.2. The largest absolute Gasteiger partial charge is 0.345 e. The van der Waals surface area contributed by atoms with Crippen LogP contribution in [0.2, 0.25) is 0 Å². The molecule has 3 N–H and O–H groups in total. The molecule has 1 amide bonds. The molecule has 7 heterocycles. The molecular formula is C35H60N6O7. The SMILES string of the molecule is CC1(N)CCN(C[C@H]2C[C@H]3OC(C)(C)O[C@H]3O2)CC1.[C-]#[N+][C@@H]1CCCN1C(=O)CNC1(C)CCN(C[C@H]2C[C@H]3OC(C)(C)O[C@H]3O2)CC1. The van der Waals surface area contributed by atoms with Crippen molar-refractivity contribution in [1.29, 1.82) is 0 Å². The molecule has 7 atom stereocenters. The third kappa shape index (κ3) is 9.07. The maximum Gasteiger partial charge on any atom is 0.300 e. The van der Waals surface area contributed by atoms with Gasteiger partial charge in [-0.3, -0.25) is 14.5 Å². The number of hydrogen-bond donors (Lipinski definition) is 2. The van der Waals surface area contributed by atoms with Crippen molar-refractivity contribution >= 4 is 5.91 Å². The van der Waals surface area contributed by atoms with E-state index in [2.05, 4.69) is 33.8 Å². The number of nitrogens with one attached hydrogen (secondary N) is 1. The molecule has 0 saturated carbocycles. The fourth-order valence-electron chi connectivity index (χ4n) is 8.19. The first-order valence-electron chi connectivity index (χ1n) is 18.3. The Bertz CT molecular complexity index is 1130. The Kier molecular flexibility index (Phi) is 10.8. The molecular weight excluding hydrogens is 616 g/mol. The molecule has 7 aliphatic rings. The van der Waals surface area contributed by atoms with Gasteiger partial charge in [0.05, 0.1) is 18.8 Å². The van der Waals surface area contributed by atoms with E-state index >= 15 is 0 Å². The number of hydrogen-bond acceptors (Lipinski definition) is 11. The second-order valence-electron chi connectivity index (χ2n) is 16.6. The van der Waals surface area contributed by atoms with E-state index in [-0.39, 0.29) is 60.1 Å². The first-order chi connectivity index (χ1) is 22.6. The van der Waals surface area contributed by atoms with E-state index in [1.807, 2.05) is 27.7 Å². The molecule has 13 heteroatoms. The van der Waals surface area contributed by atoms with Gasteiger partial charge in [0.25, 0.3) is 0 Å². The Labute approximate surface area is 287 Å². The van der Waals surface area contributed by atoms with Gasteiger partial charge in [-0.25, -0.2) is 6.57 Å². The molecule has 7 aliphatic heterocycles. The topological polar surface area (TPSA) is 125 Å². The third-order valence-corrected chi connectivity index (χ3v) is 11.2. The summed E-state index contributed by atoms with van der Waals surface area (Å²) in [5, 5.41) is 3.48. The number of fused-ring (bicyclic) bond motifs is 2. The van der Waals surface area contributed by atoms with Crippen LogP contribution in [0.4, 0.5) is 0 Å². The molecule has 0 aromatic carbocycles. The Hall–Kier alpha value is -1.44. The number of nitrogens with two attached hydrogens (primary N) is 1. The van der Waals surface area contributed by atoms with Gasteiger partial charge < -0.3 is 49.3 Å². The van der Waals surface area contributed by atoms with E-state index in [0.29, 0.717) is 13.1 Å². The summed E-state index contributed by atoms with van der Waals surface area (Å²) in [5.74, 6) is -0.978. The van der Waals surface area contributed by atoms with Gasteiger partial charge >= 0.3 is 6.17 Å². The average molecular weight is 677 g/mol. The summed E-state index contributed by atoms with van der Waals surface area (Å²) in [6.45, 7) is 26.3. The highest BCUT2D eigenvalue weighted by atomic mass is 16.8. The number of rotatable bonds is 7. The Morgan fingerprint density at radius 2 is 1.29 bits per heavy atom. The fourth-order valence-corrected chi connectivity index (χ4v) is 8.19. The molecule has 0 radical (unpaired) electrons. The Balaban J connectivity index is 0.000000182. The number of amides is 1. The maximum absolute atomic E-state index is 12.5. The molecule has 0 aliphatic carbocycles. The van der Waals surface area contributed by atoms with Crippen molar-refractivity contribution in [3.8, 4) is 0 Å². The zero-order chi connectivity index (χ0) is 34.3. The number of carbonyl (C=O) groups excluding carboxylic acids is 1. The summed E-state index contributed by atoms with van der Waals surface area (Å²) >= 11 is 0. The van der Waals surface area contributed by atoms with Gasteiger partial charge in [0.15, 0.2) is 24.2 Å². The van der Waals surface area contributed by atoms with Gasteiger partial charge in [-0.15, -0.1) is 0 Å². The van der Waals surface area contributed by atoms with Gasteiger partial charge in [0.1, 0.15) is 12.2 Å². The van der Waals surface area contributed by atoms with Crippen LogP contribution in [-0.2, 0) is 33.2 Å². The summed E-state index contributed by atoms with van der Waals surface area (Å²) in [6.07, 6.45) is 7.52. The van der Waals surface area contributed by atoms with E-state index in [1.165, 1.54) is 0 Å². The van der Waals surface area contributed by atoms with Crippen LogP contribution >= 0.6 is 0 Å². The van der Waals surface area contributed by atoms with Crippen LogP contribution in [0.15, 0.2) is 0 Å². The lowest BCUT2D eigenvalue weighted by Gasteiger charge is -2.41. The van der Waals surface area contributed by atoms with Gasteiger partial charge in [0.2, 0.25) is 5.91 Å². The van der Waals surface area contributed by atoms with Crippen molar-refractivity contribution in [1.82, 2.24) is 20.0 Å². The summed E-state index contributed by atoms with van der Waals surface area (Å²) in [6, 6.07) is 0. The summed E-state index contributed by atoms with van der Waals surface area (Å²) in [4.78, 5) is 22.7. The summed E-state index contributed by atoms with van der Waals surface area (Å²) in [7, 11) is 0. The van der Waals surface area contributed by atoms with Crippen LogP contribution in [0.5, 0.6) is 0 Å². The van der Waals surface area contributed by atoms with Crippen LogP contribution in [0.3, 0.4) is 0 Å². The first kappa shape index (κ1) is 36.4. The highest BCUT2D eigenvalue weighted by Crippen LogP contribution is 2.39. The molecule has 0 spiro atoms. The molecule has 0 aromatic rings. The lowest BCUT2D eigenvalue weighted by atomic mass is 9.89. The van der Waals surface area contributed by atoms with Crippen LogP contribution in [0, 0.1) is 6.57 Å². The zero-order valence-electron chi connectivity index (χ0n) is 30.1. The van der Waals surface area contributed by atoms with Crippen LogP contribution < -0.4 is 11.1 Å². The molecule has 272 valence electrons. The van der Waals surface area contributed by atoms with Crippen molar-refractivity contribution in [2.45, 2.75) is 159 Å². The van der Waals surface area contributed by atoms with Gasteiger partial charge in [-0.05, 0) is 99.8 Å². The van der Waals surface area contributed by atoms with E-state index in [9.17, 15) is 4.79 Å². The monoisotopic (exact) mass is 676 g/mol. The highest BCUT2D eigenvalue weighted by Gasteiger charge is 2.50. The number of carbonyl (C=O) groups is 1. The predicted octanol–water partition coefficient (Wildman–Crippen LogP) is 2.63. The van der Waals surface area contributed by atoms with Crippen molar-refractivity contribution in [3.05, 3.63) is 11.4 Å². The molecule has 0 unspecified atom stereocenters. The molecule has 0 bridgehead atoms. The molecule has 0 aromatic heterocycles. The van der Waals surface area contributed by atoms with Crippen molar-refractivity contribution in [2.24, 2.45) is 5.73 Å². The lowest BCUT2D eigenvalue weighted by molar-refractivity contribution is -0.206. The second kappa shape index (κ2) is 14.3. The zero-order valence-corrected chi connectivity index (χ0v) is 30.1. The van der Waals surface area contributed by atoms with E-state index in [4.69, 9.17) is 40.7 Å². The van der Waals surface area contributed by atoms with Gasteiger partial charge in [0, 0.05) is 50.0 Å². The number of piperidine rings is 2. The fraction of sp³-hybridized carbons (Fsp3) is 0.943. The molecule has 7 saturated heterocycles. The first-order valence-corrected chi connectivity index (χ1v) is 18.3. The smallest absolute Gasteiger partial charge is 0.300 e. The number of ether oxygens (including phenoxy) is 6. The quantitative estimate of drug-likeness (QED) is 0.387. The van der Waals surface area contributed by atoms with E-state index in [1.54, 1.807) is 4.90 Å². The minimum absolute atomic E-state index is 0.0137. The average Bonchev–Trinajstić information content (AvgIpc) is 3.80. The highest BCUT2D eigenvalue weighted by molar-refractivity contribution is 5.79. The van der Waals surface area contributed by atoms with Crippen molar-refractivity contribution in [2.75, 3.05) is 52.4 Å². The minimum atomic E-state index is -0.541. The van der Waals surface area contributed by atoms with Crippen molar-refractivity contribution < 1.29 is 33.2 Å². The lowest BCUT2D eigenvalue weighted by Crippen LogP contribution is -2.55. The predicted molar refractivity (Wildman–Crippen MR) is 178 cm³/mol. The van der Waals surface area contributed by atoms with Crippen LogP contribution in [0.25, 0.3) is 4.85 Å². The summed E-state index contributed by atoms with van der Waals surface area (Å²) in [5.41, 5.74) is 6.13. The standard InChI is InChI=1S/C21H34N4O4.C14H26N2O3/c1-20(2)28-16-12-15(27-19(16)29-20)14-24-10-7-21(3,8-11-24)23-13-18(26)25-9-5-6-17(25)22-4;1-13(2)18-11-8-10(17-12(11)19-13)9-16-6-4-14(3,15)5-7-16/h15-17,19,23H,5-14H2,1-3H3;10-12H,4-9,15H2,1-3H3/t15-,16-,17+,19-;10-,11-,12-/m11/s1. The van der Waals surface area contributed by atoms with Crippen molar-refractivity contribution in [3.63, 3.8) is 0 Å². The van der Waals surface area contributed by atoms with Crippen LogP contribution in [-0.4, -0.2) is 139 Å². The minimum Gasteiger partial charge on any atom is -0.345 e. The maximum atomic E-state index is 12.5. The molecule has 7 rings (SSSR count). The number of likely N-dealkylation sites (tertiary alicyclic amines) is 3. The Morgan fingerprint density at radius 1 is 0.792 bits per heavy atom. The van der Waals surface area contributed by atoms with E-state index < -0.39 is 11.6 Å². The molecule has 48 heavy (non-hydrogen) atoms. The van der Waals surface area contributed by atoms with Gasteiger partial charge in [-0.1, -0.05) is 0 Å².